The van der Waals surface area contributed by atoms with Gasteiger partial charge in [0.05, 0.1) is 0 Å². The Bertz CT molecular complexity index is 995. The summed E-state index contributed by atoms with van der Waals surface area (Å²) in [6.45, 7) is 5.22. The molecule has 0 fully saturated rings. The summed E-state index contributed by atoms with van der Waals surface area (Å²) in [6, 6.07) is 17.9. The molecule has 40 heavy (non-hydrogen) atoms. The second-order valence-corrected chi connectivity index (χ2v) is 9.31. The molecule has 0 aliphatic rings. The molecule has 1 unspecified atom stereocenters. The van der Waals surface area contributed by atoms with Crippen molar-refractivity contribution in [1.82, 2.24) is 20.4 Å². The second kappa shape index (κ2) is 19.4. The fourth-order valence-corrected chi connectivity index (χ4v) is 4.03. The smallest absolute Gasteiger partial charge is 0.407 e. The maximum absolute atomic E-state index is 12.3. The minimum atomic E-state index is -0.975. The fraction of sp³-hybridized carbons (Fsp3) is 0.483. The number of nitrogens with two attached hydrogens (primary N) is 1. The van der Waals surface area contributed by atoms with E-state index in [4.69, 9.17) is 15.2 Å². The highest BCUT2D eigenvalue weighted by Crippen LogP contribution is 2.06. The normalized spacial score (nSPS) is 11.7. The number of hydrogen-bond donors (Lipinski definition) is 4. The van der Waals surface area contributed by atoms with Crippen LogP contribution in [0, 0.1) is 0 Å². The van der Waals surface area contributed by atoms with Gasteiger partial charge in [0, 0.05) is 45.8 Å². The van der Waals surface area contributed by atoms with Gasteiger partial charge in [-0.3, -0.25) is 14.6 Å². The lowest BCUT2D eigenvalue weighted by molar-refractivity contribution is -0.144. The number of nitrogens with one attached hydrogen (secondary N) is 2. The molecule has 2 aromatic rings. The van der Waals surface area contributed by atoms with Crippen LogP contribution in [-0.2, 0) is 27.5 Å². The molecule has 0 heterocycles. The summed E-state index contributed by atoms with van der Waals surface area (Å²) in [5.41, 5.74) is 7.55. The van der Waals surface area contributed by atoms with Crippen molar-refractivity contribution in [2.24, 2.45) is 5.73 Å². The van der Waals surface area contributed by atoms with Crippen molar-refractivity contribution in [3.8, 4) is 0 Å². The molecular formula is C29H43N5O6. The van der Waals surface area contributed by atoms with Gasteiger partial charge in [0.2, 0.25) is 0 Å². The summed E-state index contributed by atoms with van der Waals surface area (Å²) in [7, 11) is 0. The third-order valence-corrected chi connectivity index (χ3v) is 6.19. The van der Waals surface area contributed by atoms with Crippen LogP contribution in [0.3, 0.4) is 0 Å². The molecule has 1 atom stereocenters. The van der Waals surface area contributed by atoms with Crippen LogP contribution in [0.25, 0.3) is 0 Å². The number of amides is 2. The zero-order valence-electron chi connectivity index (χ0n) is 23.3. The first-order chi connectivity index (χ1) is 19.4. The summed E-state index contributed by atoms with van der Waals surface area (Å²) in [4.78, 5) is 40.3. The van der Waals surface area contributed by atoms with Gasteiger partial charge in [-0.1, -0.05) is 74.0 Å². The number of rotatable bonds is 19. The van der Waals surface area contributed by atoms with Crippen molar-refractivity contribution in [3.63, 3.8) is 0 Å². The molecule has 0 aliphatic carbocycles. The molecule has 0 spiro atoms. The number of hydrogen-bond acceptors (Lipinski definition) is 8. The van der Waals surface area contributed by atoms with E-state index in [1.165, 1.54) is 0 Å². The number of carboxylic acids is 1. The molecule has 11 heteroatoms. The highest BCUT2D eigenvalue weighted by atomic mass is 16.6. The molecule has 0 aliphatic heterocycles. The number of benzene rings is 2. The number of nitrogens with zero attached hydrogens (tertiary/aromatic N) is 2. The molecule has 0 saturated heterocycles. The predicted molar refractivity (Wildman–Crippen MR) is 153 cm³/mol. The molecule has 2 aromatic carbocycles. The van der Waals surface area contributed by atoms with Crippen molar-refractivity contribution < 1.29 is 29.0 Å². The highest BCUT2D eigenvalue weighted by molar-refractivity contribution is 5.74. The zero-order chi connectivity index (χ0) is 29.0. The van der Waals surface area contributed by atoms with Gasteiger partial charge in [-0.2, -0.15) is 0 Å². The third-order valence-electron chi connectivity index (χ3n) is 6.19. The molecule has 220 valence electrons. The maximum Gasteiger partial charge on any atom is 0.407 e. The van der Waals surface area contributed by atoms with Crippen LogP contribution in [0.15, 0.2) is 60.7 Å². The van der Waals surface area contributed by atoms with E-state index >= 15 is 0 Å². The van der Waals surface area contributed by atoms with E-state index < -0.39 is 24.2 Å². The summed E-state index contributed by atoms with van der Waals surface area (Å²) in [5, 5.41) is 15.5. The molecule has 5 N–H and O–H groups in total. The van der Waals surface area contributed by atoms with Gasteiger partial charge in [-0.05, 0) is 24.1 Å². The topological polar surface area (TPSA) is 146 Å². The lowest BCUT2D eigenvalue weighted by atomic mass is 10.2. The monoisotopic (exact) mass is 557 g/mol. The van der Waals surface area contributed by atoms with Crippen LogP contribution >= 0.6 is 0 Å². The molecule has 11 nitrogen and oxygen atoms in total. The van der Waals surface area contributed by atoms with Gasteiger partial charge in [-0.15, -0.1) is 0 Å². The quantitative estimate of drug-likeness (QED) is 0.205. The van der Waals surface area contributed by atoms with Crippen LogP contribution in [0.1, 0.15) is 30.9 Å². The summed E-state index contributed by atoms with van der Waals surface area (Å²) < 4.78 is 10.5. The summed E-state index contributed by atoms with van der Waals surface area (Å²) >= 11 is 0. The first-order valence-corrected chi connectivity index (χ1v) is 13.7. The Balaban J connectivity index is 1.84. The zero-order valence-corrected chi connectivity index (χ0v) is 23.3. The average molecular weight is 558 g/mol. The summed E-state index contributed by atoms with van der Waals surface area (Å²) in [5.74, 6) is -0.975. The molecule has 0 saturated carbocycles. The van der Waals surface area contributed by atoms with Crippen LogP contribution in [0.4, 0.5) is 9.59 Å². The van der Waals surface area contributed by atoms with Crippen molar-refractivity contribution in [2.75, 3.05) is 52.4 Å². The average Bonchev–Trinajstić information content (AvgIpc) is 2.96. The van der Waals surface area contributed by atoms with Crippen LogP contribution in [-0.4, -0.2) is 91.5 Å². The van der Waals surface area contributed by atoms with E-state index in [0.717, 1.165) is 24.0 Å². The van der Waals surface area contributed by atoms with E-state index in [2.05, 4.69) is 17.6 Å². The number of aliphatic carboxylic acids is 1. The lowest BCUT2D eigenvalue weighted by Crippen LogP contribution is -2.53. The van der Waals surface area contributed by atoms with E-state index in [0.29, 0.717) is 32.7 Å². The van der Waals surface area contributed by atoms with Gasteiger partial charge in [0.1, 0.15) is 19.3 Å². The maximum atomic E-state index is 12.3. The fourth-order valence-electron chi connectivity index (χ4n) is 4.03. The number of carbonyl (C=O) groups is 3. The predicted octanol–water partition coefficient (Wildman–Crippen LogP) is 2.66. The Labute approximate surface area is 236 Å². The Morgan fingerprint density at radius 2 is 1.35 bits per heavy atom. The highest BCUT2D eigenvalue weighted by Gasteiger charge is 2.27. The standard InChI is InChI=1S/C29H43N5O6/c1-2-3-17-33(19-15-31-28(37)39-22-24-10-6-4-7-11-24)21-26(27(35)36)34(18-14-30)20-16-32-29(38)40-23-25-12-8-5-9-13-25/h4-13,26H,2-3,14-23,30H2,1H3,(H,31,37)(H,32,38)(H,35,36). The van der Waals surface area contributed by atoms with Gasteiger partial charge in [0.15, 0.2) is 0 Å². The van der Waals surface area contributed by atoms with E-state index in [9.17, 15) is 19.5 Å². The van der Waals surface area contributed by atoms with Crippen LogP contribution in [0.5, 0.6) is 0 Å². The van der Waals surface area contributed by atoms with Gasteiger partial charge in [-0.25, -0.2) is 9.59 Å². The van der Waals surface area contributed by atoms with Gasteiger partial charge in [0.25, 0.3) is 0 Å². The Kier molecular flexibility index (Phi) is 15.8. The number of alkyl carbamates (subject to hydrolysis) is 2. The van der Waals surface area contributed by atoms with E-state index in [-0.39, 0.29) is 32.8 Å². The van der Waals surface area contributed by atoms with Crippen molar-refractivity contribution in [1.29, 1.82) is 0 Å². The number of carboxylic acid groups (broad SMARTS) is 1. The Morgan fingerprint density at radius 3 is 1.82 bits per heavy atom. The number of carbonyl (C=O) groups excluding carboxylic acids is 2. The summed E-state index contributed by atoms with van der Waals surface area (Å²) in [6.07, 6.45) is 0.737. The number of ether oxygens (including phenoxy) is 2. The Morgan fingerprint density at radius 1 is 0.825 bits per heavy atom. The Hall–Kier alpha value is -3.67. The SMILES string of the molecule is CCCCN(CCNC(=O)OCc1ccccc1)CC(C(=O)O)N(CCN)CCNC(=O)OCc1ccccc1. The molecule has 0 radical (unpaired) electrons. The first-order valence-electron chi connectivity index (χ1n) is 13.7. The molecule has 2 rings (SSSR count). The van der Waals surface area contributed by atoms with E-state index in [1.807, 2.05) is 65.6 Å². The first kappa shape index (κ1) is 32.5. The minimum absolute atomic E-state index is 0.150. The van der Waals surface area contributed by atoms with Crippen LogP contribution in [0.2, 0.25) is 0 Å². The largest absolute Gasteiger partial charge is 0.480 e. The van der Waals surface area contributed by atoms with Crippen molar-refractivity contribution in [3.05, 3.63) is 71.8 Å². The van der Waals surface area contributed by atoms with Crippen LogP contribution < -0.4 is 16.4 Å². The van der Waals surface area contributed by atoms with E-state index in [1.54, 1.807) is 4.90 Å². The molecule has 2 amide bonds. The number of unbranched alkanes of at least 4 members (excludes halogenated alkanes) is 1. The van der Waals surface area contributed by atoms with Gasteiger partial charge >= 0.3 is 18.2 Å². The second-order valence-electron chi connectivity index (χ2n) is 9.31. The molecular weight excluding hydrogens is 514 g/mol. The third kappa shape index (κ3) is 13.4. The molecule has 0 aromatic heterocycles. The van der Waals surface area contributed by atoms with Gasteiger partial charge < -0.3 is 30.9 Å². The van der Waals surface area contributed by atoms with Crippen molar-refractivity contribution >= 4 is 18.2 Å². The molecule has 0 bridgehead atoms. The minimum Gasteiger partial charge on any atom is -0.480 e. The lowest BCUT2D eigenvalue weighted by Gasteiger charge is -2.33. The van der Waals surface area contributed by atoms with Crippen molar-refractivity contribution in [2.45, 2.75) is 39.0 Å².